The van der Waals surface area contributed by atoms with Gasteiger partial charge < -0.3 is 9.47 Å². The molecule has 30 heavy (non-hydrogen) atoms. The first-order valence-electron chi connectivity index (χ1n) is 11.5. The lowest BCUT2D eigenvalue weighted by atomic mass is 9.74. The van der Waals surface area contributed by atoms with Crippen molar-refractivity contribution in [2.24, 2.45) is 23.7 Å². The molecule has 0 aromatic heterocycles. The summed E-state index contributed by atoms with van der Waals surface area (Å²) < 4.78 is 11.8. The van der Waals surface area contributed by atoms with Crippen LogP contribution in [0.3, 0.4) is 0 Å². The number of hydrogen-bond donors (Lipinski definition) is 0. The molecule has 166 valence electrons. The number of carbonyl (C=O) groups is 2. The molecule has 2 fully saturated rings. The van der Waals surface area contributed by atoms with Gasteiger partial charge in [0.15, 0.2) is 0 Å². The van der Waals surface area contributed by atoms with Crippen LogP contribution in [0.5, 0.6) is 0 Å². The molecule has 0 spiro atoms. The Morgan fingerprint density at radius 1 is 0.667 bits per heavy atom. The van der Waals surface area contributed by atoms with Crippen LogP contribution in [0.15, 0.2) is 24.3 Å². The zero-order valence-electron chi connectivity index (χ0n) is 19.5. The van der Waals surface area contributed by atoms with E-state index in [1.165, 1.54) is 12.8 Å². The van der Waals surface area contributed by atoms with Crippen molar-refractivity contribution in [2.45, 2.75) is 91.3 Å². The van der Waals surface area contributed by atoms with Crippen molar-refractivity contribution in [3.8, 4) is 0 Å². The Kier molecular flexibility index (Phi) is 6.64. The molecule has 1 aromatic rings. The second-order valence-electron chi connectivity index (χ2n) is 11.0. The summed E-state index contributed by atoms with van der Waals surface area (Å²) in [6.45, 7) is 12.9. The van der Waals surface area contributed by atoms with Gasteiger partial charge in [-0.15, -0.1) is 0 Å². The maximum absolute atomic E-state index is 12.7. The molecule has 4 nitrogen and oxygen atoms in total. The molecule has 0 bridgehead atoms. The quantitative estimate of drug-likeness (QED) is 0.533. The van der Waals surface area contributed by atoms with E-state index >= 15 is 0 Å². The Hall–Kier alpha value is -1.84. The minimum Gasteiger partial charge on any atom is -0.456 e. The predicted molar refractivity (Wildman–Crippen MR) is 118 cm³/mol. The van der Waals surface area contributed by atoms with Gasteiger partial charge in [-0.3, -0.25) is 0 Å². The zero-order chi connectivity index (χ0) is 22.1. The van der Waals surface area contributed by atoms with E-state index in [1.54, 1.807) is 24.3 Å². The molecule has 2 aliphatic rings. The van der Waals surface area contributed by atoms with Crippen LogP contribution in [0.2, 0.25) is 0 Å². The van der Waals surface area contributed by atoms with Crippen molar-refractivity contribution in [3.05, 3.63) is 35.4 Å². The summed E-state index contributed by atoms with van der Waals surface area (Å²) in [5.74, 6) is 1.57. The average Bonchev–Trinajstić information content (AvgIpc) is 2.58. The fraction of sp³-hybridized carbons (Fsp3) is 0.692. The Labute approximate surface area is 181 Å². The smallest absolute Gasteiger partial charge is 0.338 e. The van der Waals surface area contributed by atoms with E-state index in [-0.39, 0.29) is 11.9 Å². The molecular formula is C26H38O4. The summed E-state index contributed by atoms with van der Waals surface area (Å²) in [5.41, 5.74) is 0.110. The molecule has 0 heterocycles. The van der Waals surface area contributed by atoms with Crippen LogP contribution in [-0.4, -0.2) is 23.1 Å². The molecule has 0 saturated heterocycles. The Balaban J connectivity index is 1.63. The maximum atomic E-state index is 12.7. The van der Waals surface area contributed by atoms with Gasteiger partial charge in [-0.2, -0.15) is 0 Å². The van der Waals surface area contributed by atoms with Crippen LogP contribution < -0.4 is 0 Å². The summed E-state index contributed by atoms with van der Waals surface area (Å²) in [7, 11) is 0. The third-order valence-electron chi connectivity index (χ3n) is 6.77. The van der Waals surface area contributed by atoms with E-state index in [9.17, 15) is 9.59 Å². The standard InChI is InChI=1S/C26H38O4/c1-17-11-18(2)14-25(5,13-17)29-23(27)21-7-9-22(10-8-21)24(28)30-26(6)15-19(3)12-20(4)16-26/h7-10,17-20H,11-16H2,1-6H3/t17-,18-,19-,20-/m0/s1. The first kappa shape index (κ1) is 22.8. The molecular weight excluding hydrogens is 376 g/mol. The summed E-state index contributed by atoms with van der Waals surface area (Å²) in [6, 6.07) is 6.69. The van der Waals surface area contributed by atoms with Gasteiger partial charge in [0.1, 0.15) is 11.2 Å². The van der Waals surface area contributed by atoms with Crippen molar-refractivity contribution < 1.29 is 19.1 Å². The minimum absolute atomic E-state index is 0.319. The normalized spacial score (nSPS) is 36.7. The predicted octanol–water partition coefficient (Wildman–Crippen LogP) is 6.43. The molecule has 0 unspecified atom stereocenters. The van der Waals surface area contributed by atoms with Gasteiger partial charge in [0.05, 0.1) is 11.1 Å². The van der Waals surface area contributed by atoms with Gasteiger partial charge in [0.25, 0.3) is 0 Å². The van der Waals surface area contributed by atoms with E-state index in [4.69, 9.17) is 9.47 Å². The number of rotatable bonds is 4. The van der Waals surface area contributed by atoms with Crippen LogP contribution in [0.25, 0.3) is 0 Å². The van der Waals surface area contributed by atoms with E-state index in [1.807, 2.05) is 13.8 Å². The number of carbonyl (C=O) groups excluding carboxylic acids is 2. The molecule has 0 amide bonds. The summed E-state index contributed by atoms with van der Waals surface area (Å²) in [5, 5.41) is 0. The highest BCUT2D eigenvalue weighted by atomic mass is 16.6. The van der Waals surface area contributed by atoms with Crippen molar-refractivity contribution in [1.29, 1.82) is 0 Å². The van der Waals surface area contributed by atoms with Crippen molar-refractivity contribution in [2.75, 3.05) is 0 Å². The van der Waals surface area contributed by atoms with Crippen molar-refractivity contribution >= 4 is 11.9 Å². The first-order valence-corrected chi connectivity index (χ1v) is 11.5. The lowest BCUT2D eigenvalue weighted by molar-refractivity contribution is -0.0487. The maximum Gasteiger partial charge on any atom is 0.338 e. The first-order chi connectivity index (χ1) is 14.0. The van der Waals surface area contributed by atoms with E-state index in [0.29, 0.717) is 34.8 Å². The summed E-state index contributed by atoms with van der Waals surface area (Å²) >= 11 is 0. The Morgan fingerprint density at radius 3 is 1.20 bits per heavy atom. The molecule has 4 atom stereocenters. The highest BCUT2D eigenvalue weighted by Gasteiger charge is 2.38. The summed E-state index contributed by atoms with van der Waals surface area (Å²) in [6.07, 6.45) is 5.93. The van der Waals surface area contributed by atoms with Gasteiger partial charge in [-0.05, 0) is 100 Å². The molecule has 2 aliphatic carbocycles. The van der Waals surface area contributed by atoms with E-state index < -0.39 is 11.2 Å². The molecule has 4 heteroatoms. The van der Waals surface area contributed by atoms with Gasteiger partial charge in [-0.25, -0.2) is 9.59 Å². The van der Waals surface area contributed by atoms with Crippen molar-refractivity contribution in [3.63, 3.8) is 0 Å². The highest BCUT2D eigenvalue weighted by Crippen LogP contribution is 2.39. The van der Waals surface area contributed by atoms with Crippen LogP contribution in [-0.2, 0) is 9.47 Å². The fourth-order valence-corrected chi connectivity index (χ4v) is 6.30. The largest absolute Gasteiger partial charge is 0.456 e. The Morgan fingerprint density at radius 2 is 0.933 bits per heavy atom. The van der Waals surface area contributed by atoms with Gasteiger partial charge in [0, 0.05) is 0 Å². The molecule has 3 rings (SSSR count). The molecule has 2 saturated carbocycles. The third-order valence-corrected chi connectivity index (χ3v) is 6.77. The van der Waals surface area contributed by atoms with Crippen LogP contribution >= 0.6 is 0 Å². The molecule has 0 N–H and O–H groups in total. The molecule has 1 aromatic carbocycles. The second kappa shape index (κ2) is 8.72. The number of benzene rings is 1. The third kappa shape index (κ3) is 5.65. The van der Waals surface area contributed by atoms with Crippen LogP contribution in [0.1, 0.15) is 101 Å². The zero-order valence-corrected chi connectivity index (χ0v) is 19.5. The lowest BCUT2D eigenvalue weighted by Crippen LogP contribution is -2.39. The van der Waals surface area contributed by atoms with Gasteiger partial charge in [0.2, 0.25) is 0 Å². The monoisotopic (exact) mass is 414 g/mol. The minimum atomic E-state index is -0.422. The van der Waals surface area contributed by atoms with Crippen LogP contribution in [0.4, 0.5) is 0 Å². The number of ether oxygens (including phenoxy) is 2. The fourth-order valence-electron chi connectivity index (χ4n) is 6.30. The lowest BCUT2D eigenvalue weighted by Gasteiger charge is -2.39. The molecule has 0 radical (unpaired) electrons. The number of esters is 2. The van der Waals surface area contributed by atoms with E-state index in [2.05, 4.69) is 27.7 Å². The summed E-state index contributed by atoms with van der Waals surface area (Å²) in [4.78, 5) is 25.4. The highest BCUT2D eigenvalue weighted by molar-refractivity contribution is 5.93. The number of hydrogen-bond acceptors (Lipinski definition) is 4. The molecule has 0 aliphatic heterocycles. The van der Waals surface area contributed by atoms with Crippen LogP contribution in [0, 0.1) is 23.7 Å². The SMILES string of the molecule is C[C@H]1C[C@H](C)CC(C)(OC(=O)c2ccc(C(=O)OC3(C)C[C@@H](C)C[C@H](C)C3)cc2)C1. The Bertz CT molecular complexity index is 681. The van der Waals surface area contributed by atoms with Gasteiger partial charge >= 0.3 is 11.9 Å². The van der Waals surface area contributed by atoms with Gasteiger partial charge in [-0.1, -0.05) is 27.7 Å². The van der Waals surface area contributed by atoms with Crippen molar-refractivity contribution in [1.82, 2.24) is 0 Å². The topological polar surface area (TPSA) is 52.6 Å². The van der Waals surface area contributed by atoms with E-state index in [0.717, 1.165) is 25.7 Å². The second-order valence-corrected chi connectivity index (χ2v) is 11.0. The average molecular weight is 415 g/mol.